The van der Waals surface area contributed by atoms with E-state index in [9.17, 15) is 0 Å². The molecule has 0 aromatic heterocycles. The zero-order valence-electron chi connectivity index (χ0n) is 34.7. The summed E-state index contributed by atoms with van der Waals surface area (Å²) in [6, 6.07) is 60.0. The maximum absolute atomic E-state index is 2.32. The first-order valence-corrected chi connectivity index (χ1v) is 21.6. The predicted molar refractivity (Wildman–Crippen MR) is 275 cm³/mol. The van der Waals surface area contributed by atoms with Crippen LogP contribution in [0.4, 0.5) is 0 Å². The molecule has 296 valence electrons. The number of allylic oxidation sites excluding steroid dienone is 3. The van der Waals surface area contributed by atoms with Gasteiger partial charge in [-0.05, 0) is 151 Å². The summed E-state index contributed by atoms with van der Waals surface area (Å²) in [4.78, 5) is 0. The van der Waals surface area contributed by atoms with Gasteiger partial charge in [-0.3, -0.25) is 0 Å². The summed E-state index contributed by atoms with van der Waals surface area (Å²) in [5, 5.41) is 24.4. The van der Waals surface area contributed by atoms with Crippen LogP contribution in [0.1, 0.15) is 64.2 Å². The van der Waals surface area contributed by atoms with Crippen LogP contribution < -0.4 is 0 Å². The van der Waals surface area contributed by atoms with Crippen molar-refractivity contribution in [3.8, 4) is 0 Å². The first kappa shape index (κ1) is 39.4. The topological polar surface area (TPSA) is 0 Å². The minimum Gasteiger partial charge on any atom is -0.0842 e. The van der Waals surface area contributed by atoms with Gasteiger partial charge in [-0.25, -0.2) is 0 Å². The second-order valence-electron chi connectivity index (χ2n) is 16.0. The molecule has 0 nitrogen and oxygen atoms in total. The molecule has 12 aromatic rings. The normalized spacial score (nSPS) is 12.0. The van der Waals surface area contributed by atoms with E-state index in [1.807, 2.05) is 0 Å². The highest BCUT2D eigenvalue weighted by molar-refractivity contribution is 6.26. The van der Waals surface area contributed by atoms with E-state index in [-0.39, 0.29) is 7.43 Å². The Morgan fingerprint density at radius 3 is 1.16 bits per heavy atom. The fourth-order valence-corrected chi connectivity index (χ4v) is 9.45. The van der Waals surface area contributed by atoms with E-state index >= 15 is 0 Å². The molecule has 0 N–H and O–H groups in total. The first-order chi connectivity index (χ1) is 29.6. The van der Waals surface area contributed by atoms with Gasteiger partial charge in [0.1, 0.15) is 0 Å². The van der Waals surface area contributed by atoms with Crippen molar-refractivity contribution in [3.05, 3.63) is 199 Å². The third-order valence-electron chi connectivity index (χ3n) is 12.2. The summed E-state index contributed by atoms with van der Waals surface area (Å²) in [6.07, 6.45) is 16.6. The number of benzene rings is 12. The fourth-order valence-electron chi connectivity index (χ4n) is 9.45. The number of hydrogen-bond donors (Lipinski definition) is 0. The minimum absolute atomic E-state index is 0. The monoisotopic (exact) mass is 784 g/mol. The molecule has 0 radical (unpaired) electrons. The summed E-state index contributed by atoms with van der Waals surface area (Å²) >= 11 is 0. The Kier molecular flexibility index (Phi) is 10.9. The molecular formula is C61H52. The zero-order chi connectivity index (χ0) is 40.6. The van der Waals surface area contributed by atoms with Crippen LogP contribution >= 0.6 is 0 Å². The van der Waals surface area contributed by atoms with Crippen LogP contribution in [0, 0.1) is 0 Å². The van der Waals surface area contributed by atoms with Crippen LogP contribution in [0.25, 0.3) is 115 Å². The summed E-state index contributed by atoms with van der Waals surface area (Å²) in [7, 11) is 0. The van der Waals surface area contributed by atoms with E-state index in [4.69, 9.17) is 0 Å². The van der Waals surface area contributed by atoms with Gasteiger partial charge >= 0.3 is 0 Å². The van der Waals surface area contributed by atoms with E-state index in [0.717, 1.165) is 19.3 Å². The van der Waals surface area contributed by atoms with Gasteiger partial charge in [-0.2, -0.15) is 0 Å². The zero-order valence-corrected chi connectivity index (χ0v) is 34.7. The molecule has 0 aliphatic rings. The Labute approximate surface area is 359 Å². The molecule has 0 amide bonds. The highest BCUT2D eigenvalue weighted by Crippen LogP contribution is 2.39. The van der Waals surface area contributed by atoms with Gasteiger partial charge in [0, 0.05) is 0 Å². The average molecular weight is 785 g/mol. The molecule has 0 aliphatic carbocycles. The molecule has 0 fully saturated rings. The molecule has 0 aliphatic heterocycles. The second-order valence-corrected chi connectivity index (χ2v) is 16.0. The highest BCUT2D eigenvalue weighted by Gasteiger charge is 2.12. The van der Waals surface area contributed by atoms with Gasteiger partial charge in [0.15, 0.2) is 0 Å². The van der Waals surface area contributed by atoms with E-state index in [1.54, 1.807) is 0 Å². The lowest BCUT2D eigenvalue weighted by Crippen LogP contribution is -1.86. The summed E-state index contributed by atoms with van der Waals surface area (Å²) in [5.41, 5.74) is 3.93. The van der Waals surface area contributed by atoms with Crippen molar-refractivity contribution in [3.63, 3.8) is 0 Å². The van der Waals surface area contributed by atoms with Crippen LogP contribution in [0.5, 0.6) is 0 Å². The van der Waals surface area contributed by atoms with Crippen LogP contribution in [0.2, 0.25) is 0 Å². The van der Waals surface area contributed by atoms with Gasteiger partial charge in [-0.15, -0.1) is 0 Å². The van der Waals surface area contributed by atoms with Gasteiger partial charge < -0.3 is 0 Å². The Morgan fingerprint density at radius 1 is 0.295 bits per heavy atom. The molecular weight excluding hydrogens is 733 g/mol. The summed E-state index contributed by atoms with van der Waals surface area (Å²) in [5.74, 6) is 0. The summed E-state index contributed by atoms with van der Waals surface area (Å²) < 4.78 is 0. The predicted octanol–water partition coefficient (Wildman–Crippen LogP) is 18.7. The van der Waals surface area contributed by atoms with Crippen LogP contribution in [-0.4, -0.2) is 0 Å². The Hall–Kier alpha value is -7.02. The molecule has 12 rings (SSSR count). The van der Waals surface area contributed by atoms with Crippen molar-refractivity contribution in [2.24, 2.45) is 0 Å². The molecule has 0 atom stereocenters. The smallest absolute Gasteiger partial charge is 0.00208 e. The van der Waals surface area contributed by atoms with Crippen molar-refractivity contribution < 1.29 is 0 Å². The minimum atomic E-state index is 0. The maximum Gasteiger partial charge on any atom is -0.00208 e. The van der Waals surface area contributed by atoms with Gasteiger partial charge in [-0.1, -0.05) is 210 Å². The largest absolute Gasteiger partial charge is 0.0842 e. The molecule has 12 aromatic carbocycles. The Balaban J connectivity index is 0.000000116. The van der Waals surface area contributed by atoms with Crippen molar-refractivity contribution in [2.45, 2.75) is 47.5 Å². The lowest BCUT2D eigenvalue weighted by molar-refractivity contribution is 1.23. The quantitative estimate of drug-likeness (QED) is 0.147. The van der Waals surface area contributed by atoms with E-state index in [0.29, 0.717) is 0 Å². The number of hydrogen-bond acceptors (Lipinski definition) is 0. The lowest BCUT2D eigenvalue weighted by Gasteiger charge is -2.12. The maximum atomic E-state index is 2.32. The van der Waals surface area contributed by atoms with Gasteiger partial charge in [0.25, 0.3) is 0 Å². The Bertz CT molecular complexity index is 3400. The molecule has 0 saturated heterocycles. The van der Waals surface area contributed by atoms with E-state index in [2.05, 4.69) is 221 Å². The van der Waals surface area contributed by atoms with Gasteiger partial charge in [0.05, 0.1) is 0 Å². The highest BCUT2D eigenvalue weighted by atomic mass is 14.2. The molecule has 0 bridgehead atoms. The molecule has 0 saturated carbocycles. The van der Waals surface area contributed by atoms with E-state index in [1.165, 1.54) is 114 Å². The average Bonchev–Trinajstić information content (AvgIpc) is 3.30. The van der Waals surface area contributed by atoms with E-state index < -0.39 is 0 Å². The molecule has 0 spiro atoms. The summed E-state index contributed by atoms with van der Waals surface area (Å²) in [6.45, 7) is 6.52. The lowest BCUT2D eigenvalue weighted by atomic mass is 9.91. The van der Waals surface area contributed by atoms with Crippen molar-refractivity contribution in [2.75, 3.05) is 0 Å². The molecule has 0 heterocycles. The molecule has 61 heavy (non-hydrogen) atoms. The standard InChI is InChI=1S/3C20H16.CH4/c1-2-3-6-16-13-17-9-4-7-14-11-12-15-8-5-10-18(16)20(15)19(14)17;1-2-3-5-14-12-17-10-8-15-6-4-7-16-9-11-18(13-14)20(17)19(15)16;1-2-3-5-14-8-9-17-11-10-15-6-4-7-16-12-13-18(14)20(17)19(15)16;/h3*3-13H,2H2,1H3;1H4/b6-3+;2*5-3+;. The first-order valence-electron chi connectivity index (χ1n) is 21.6. The van der Waals surface area contributed by atoms with Crippen molar-refractivity contribution in [1.29, 1.82) is 0 Å². The fraction of sp³-hybridized carbons (Fsp3) is 0.115. The van der Waals surface area contributed by atoms with Crippen molar-refractivity contribution >= 4 is 115 Å². The third kappa shape index (κ3) is 7.13. The Morgan fingerprint density at radius 2 is 0.623 bits per heavy atom. The van der Waals surface area contributed by atoms with Crippen LogP contribution in [-0.2, 0) is 0 Å². The van der Waals surface area contributed by atoms with Crippen LogP contribution in [0.3, 0.4) is 0 Å². The third-order valence-corrected chi connectivity index (χ3v) is 12.2. The number of rotatable bonds is 6. The second kappa shape index (κ2) is 16.9. The van der Waals surface area contributed by atoms with Crippen molar-refractivity contribution in [1.82, 2.24) is 0 Å². The molecule has 0 unspecified atom stereocenters. The molecule has 0 heteroatoms. The SMILES string of the molecule is C.CC/C=C/c1cc2ccc3cccc4ccc(c1)c2c34.CC/C=C/c1cc2cccc3ccc4cccc1c4c32.CC/C=C/c1ccc2ccc3cccc4ccc1c2c34. The van der Waals surface area contributed by atoms with Gasteiger partial charge in [0.2, 0.25) is 0 Å². The van der Waals surface area contributed by atoms with Crippen LogP contribution in [0.15, 0.2) is 182 Å².